The molecular formula is C24H22FN5O3S. The van der Waals surface area contributed by atoms with Crippen molar-refractivity contribution in [2.24, 2.45) is 0 Å². The van der Waals surface area contributed by atoms with Crippen molar-refractivity contribution in [2.45, 2.75) is 11.9 Å². The zero-order valence-electron chi connectivity index (χ0n) is 18.7. The summed E-state index contributed by atoms with van der Waals surface area (Å²) >= 11 is -1.37. The van der Waals surface area contributed by atoms with Gasteiger partial charge in [-0.1, -0.05) is 11.6 Å². The number of aryl methyl sites for hydroxylation is 1. The number of nitrogens with zero attached hydrogens (tertiary/aromatic N) is 5. The molecule has 1 atom stereocenters. The molecule has 2 aromatic heterocycles. The van der Waals surface area contributed by atoms with Crippen LogP contribution in [0.25, 0.3) is 28.0 Å². The third-order valence-electron chi connectivity index (χ3n) is 5.73. The predicted molar refractivity (Wildman–Crippen MR) is 126 cm³/mol. The fraction of sp³-hybridized carbons (Fsp3) is 0.250. The lowest BCUT2D eigenvalue weighted by atomic mass is 10.1. The van der Waals surface area contributed by atoms with Gasteiger partial charge in [-0.25, -0.2) is 14.4 Å². The van der Waals surface area contributed by atoms with Gasteiger partial charge in [0.05, 0.1) is 24.1 Å². The molecule has 2 aromatic carbocycles. The summed E-state index contributed by atoms with van der Waals surface area (Å²) in [5.74, 6) is -0.237. The molecule has 1 fully saturated rings. The molecule has 0 aliphatic carbocycles. The van der Waals surface area contributed by atoms with Crippen LogP contribution in [0.5, 0.6) is 0 Å². The average Bonchev–Trinajstić information content (AvgIpc) is 3.25. The van der Waals surface area contributed by atoms with E-state index in [1.165, 1.54) is 23.1 Å². The van der Waals surface area contributed by atoms with Crippen molar-refractivity contribution in [1.82, 2.24) is 24.6 Å². The monoisotopic (exact) mass is 479 g/mol. The zero-order valence-corrected chi connectivity index (χ0v) is 19.5. The minimum absolute atomic E-state index is 0.108. The van der Waals surface area contributed by atoms with E-state index >= 15 is 0 Å². The van der Waals surface area contributed by atoms with Crippen LogP contribution in [0.15, 0.2) is 53.8 Å². The van der Waals surface area contributed by atoms with Crippen molar-refractivity contribution < 1.29 is 18.5 Å². The molecule has 1 saturated heterocycles. The lowest BCUT2D eigenvalue weighted by molar-refractivity contribution is 0.0303. The summed E-state index contributed by atoms with van der Waals surface area (Å²) in [7, 11) is 0. The van der Waals surface area contributed by atoms with Crippen molar-refractivity contribution in [3.63, 3.8) is 0 Å². The highest BCUT2D eigenvalue weighted by Gasteiger charge is 2.24. The number of carbonyl (C=O) groups excluding carboxylic acids is 1. The van der Waals surface area contributed by atoms with Gasteiger partial charge in [0.15, 0.2) is 0 Å². The number of hydrogen-bond acceptors (Lipinski definition) is 6. The van der Waals surface area contributed by atoms with Gasteiger partial charge >= 0.3 is 0 Å². The molecule has 0 bridgehead atoms. The minimum atomic E-state index is -1.37. The van der Waals surface area contributed by atoms with Gasteiger partial charge in [0, 0.05) is 53.3 Å². The van der Waals surface area contributed by atoms with Crippen LogP contribution in [-0.2, 0) is 15.9 Å². The van der Waals surface area contributed by atoms with Crippen LogP contribution in [0.4, 0.5) is 4.39 Å². The van der Waals surface area contributed by atoms with Crippen molar-refractivity contribution in [3.05, 3.63) is 65.7 Å². The SMILES string of the molecule is Cc1ccc(F)c(-c2cnc(-n3nc([S+](C)[O-])c4ccc(C(=O)N5CCOCC5)cc43)nc2)c1. The van der Waals surface area contributed by atoms with E-state index in [1.54, 1.807) is 41.5 Å². The molecule has 0 spiro atoms. The Hall–Kier alpha value is -3.34. The van der Waals surface area contributed by atoms with Gasteiger partial charge in [0.2, 0.25) is 0 Å². The Bertz CT molecular complexity index is 1370. The average molecular weight is 480 g/mol. The van der Waals surface area contributed by atoms with Gasteiger partial charge in [0.1, 0.15) is 12.1 Å². The van der Waals surface area contributed by atoms with Gasteiger partial charge in [-0.05, 0) is 37.3 Å². The van der Waals surface area contributed by atoms with Crippen LogP contribution in [0.2, 0.25) is 0 Å². The number of ether oxygens (including phenoxy) is 1. The van der Waals surface area contributed by atoms with Gasteiger partial charge in [0.25, 0.3) is 16.9 Å². The van der Waals surface area contributed by atoms with Crippen molar-refractivity contribution in [2.75, 3.05) is 32.6 Å². The Morgan fingerprint density at radius 2 is 1.85 bits per heavy atom. The summed E-state index contributed by atoms with van der Waals surface area (Å²) in [5, 5.41) is 5.50. The first kappa shape index (κ1) is 22.5. The molecule has 10 heteroatoms. The lowest BCUT2D eigenvalue weighted by Crippen LogP contribution is -2.40. The second-order valence-electron chi connectivity index (χ2n) is 8.06. The molecule has 1 amide bonds. The third kappa shape index (κ3) is 4.15. The summed E-state index contributed by atoms with van der Waals surface area (Å²) in [5.41, 5.74) is 2.92. The highest BCUT2D eigenvalue weighted by Crippen LogP contribution is 2.27. The molecule has 1 aliphatic heterocycles. The molecule has 5 rings (SSSR count). The molecule has 174 valence electrons. The van der Waals surface area contributed by atoms with Gasteiger partial charge < -0.3 is 14.2 Å². The van der Waals surface area contributed by atoms with Crippen LogP contribution in [0.1, 0.15) is 15.9 Å². The summed E-state index contributed by atoms with van der Waals surface area (Å²) in [4.78, 5) is 23.5. The van der Waals surface area contributed by atoms with E-state index in [2.05, 4.69) is 15.1 Å². The van der Waals surface area contributed by atoms with E-state index in [4.69, 9.17) is 4.74 Å². The minimum Gasteiger partial charge on any atom is -0.610 e. The number of fused-ring (bicyclic) bond motifs is 1. The Labute approximate surface area is 198 Å². The van der Waals surface area contributed by atoms with E-state index in [1.807, 2.05) is 6.92 Å². The van der Waals surface area contributed by atoms with Gasteiger partial charge in [-0.15, -0.1) is 5.10 Å². The molecule has 1 aliphatic rings. The fourth-order valence-corrected chi connectivity index (χ4v) is 4.64. The Morgan fingerprint density at radius 3 is 2.56 bits per heavy atom. The normalized spacial score (nSPS) is 15.0. The van der Waals surface area contributed by atoms with Crippen LogP contribution >= 0.6 is 0 Å². The summed E-state index contributed by atoms with van der Waals surface area (Å²) in [6.07, 6.45) is 4.60. The first-order valence-electron chi connectivity index (χ1n) is 10.7. The Morgan fingerprint density at radius 1 is 1.12 bits per heavy atom. The topological polar surface area (TPSA) is 96.2 Å². The zero-order chi connectivity index (χ0) is 23.8. The summed E-state index contributed by atoms with van der Waals surface area (Å²) in [6, 6.07) is 10.0. The van der Waals surface area contributed by atoms with Crippen LogP contribution < -0.4 is 0 Å². The third-order valence-corrected chi connectivity index (χ3v) is 6.57. The number of carbonyl (C=O) groups is 1. The van der Waals surface area contributed by atoms with E-state index < -0.39 is 11.2 Å². The van der Waals surface area contributed by atoms with E-state index in [9.17, 15) is 13.7 Å². The molecule has 8 nitrogen and oxygen atoms in total. The second kappa shape index (κ2) is 9.13. The molecule has 4 aromatic rings. The van der Waals surface area contributed by atoms with Crippen molar-refractivity contribution in [1.29, 1.82) is 0 Å². The van der Waals surface area contributed by atoms with E-state index in [0.29, 0.717) is 58.9 Å². The maximum atomic E-state index is 14.3. The van der Waals surface area contributed by atoms with Crippen LogP contribution in [-0.4, -0.2) is 67.7 Å². The predicted octanol–water partition coefficient (Wildman–Crippen LogP) is 3.14. The number of hydrogen-bond donors (Lipinski definition) is 0. The fourth-order valence-electron chi connectivity index (χ4n) is 3.96. The first-order chi connectivity index (χ1) is 16.4. The molecular weight excluding hydrogens is 457 g/mol. The standard InChI is InChI=1S/C24H22FN5O3S/c1-15-3-6-20(25)19(11-15)17-13-26-24(27-14-17)30-21-12-16(23(31)29-7-9-33-10-8-29)4-5-18(21)22(28-30)34(2)32/h3-6,11-14H,7-10H2,1-2H3. The number of aromatic nitrogens is 4. The number of halogens is 1. The van der Waals surface area contributed by atoms with Crippen LogP contribution in [0.3, 0.4) is 0 Å². The molecule has 1 unspecified atom stereocenters. The van der Waals surface area contributed by atoms with E-state index in [0.717, 1.165) is 5.56 Å². The lowest BCUT2D eigenvalue weighted by Gasteiger charge is -2.26. The summed E-state index contributed by atoms with van der Waals surface area (Å²) in [6.45, 7) is 3.95. The first-order valence-corrected chi connectivity index (χ1v) is 12.3. The van der Waals surface area contributed by atoms with Gasteiger partial charge in [-0.3, -0.25) is 4.79 Å². The maximum Gasteiger partial charge on any atom is 0.271 e. The van der Waals surface area contributed by atoms with Crippen molar-refractivity contribution in [3.8, 4) is 17.1 Å². The number of rotatable bonds is 4. The molecule has 0 saturated carbocycles. The molecule has 0 N–H and O–H groups in total. The Kier molecular flexibility index (Phi) is 6.03. The maximum absolute atomic E-state index is 14.3. The quantitative estimate of drug-likeness (QED) is 0.417. The molecule has 3 heterocycles. The molecule has 0 radical (unpaired) electrons. The summed E-state index contributed by atoms with van der Waals surface area (Å²) < 4.78 is 33.5. The van der Waals surface area contributed by atoms with Crippen molar-refractivity contribution >= 4 is 28.0 Å². The van der Waals surface area contributed by atoms with Gasteiger partial charge in [-0.2, -0.15) is 4.68 Å². The second-order valence-corrected chi connectivity index (χ2v) is 9.36. The largest absolute Gasteiger partial charge is 0.610 e. The Balaban J connectivity index is 1.56. The molecule has 34 heavy (non-hydrogen) atoms. The smallest absolute Gasteiger partial charge is 0.271 e. The van der Waals surface area contributed by atoms with E-state index in [-0.39, 0.29) is 17.7 Å². The number of benzene rings is 2. The highest BCUT2D eigenvalue weighted by atomic mass is 32.2. The number of amides is 1. The van der Waals surface area contributed by atoms with Crippen LogP contribution in [0, 0.1) is 12.7 Å². The number of morpholine rings is 1. The highest BCUT2D eigenvalue weighted by molar-refractivity contribution is 7.90.